The van der Waals surface area contributed by atoms with E-state index in [0.717, 1.165) is 11.3 Å². The number of rotatable bonds is 4. The molecule has 0 aromatic heterocycles. The Morgan fingerprint density at radius 2 is 1.63 bits per heavy atom. The third kappa shape index (κ3) is 3.12. The predicted octanol–water partition coefficient (Wildman–Crippen LogP) is 3.45. The Morgan fingerprint density at radius 1 is 1.05 bits per heavy atom. The van der Waals surface area contributed by atoms with Gasteiger partial charge in [0.25, 0.3) is 0 Å². The number of aliphatic hydroxyl groups excluding tert-OH is 1. The Kier molecular flexibility index (Phi) is 3.86. The molecular weight excluding hydrogens is 241 g/mol. The molecule has 0 amide bonds. The normalized spacial score (nSPS) is 13.9. The molecular formula is C16H18FNO. The summed E-state index contributed by atoms with van der Waals surface area (Å²) in [7, 11) is 0. The van der Waals surface area contributed by atoms with Crippen LogP contribution in [0, 0.1) is 12.7 Å². The molecule has 0 heterocycles. The van der Waals surface area contributed by atoms with Crippen LogP contribution >= 0.6 is 0 Å². The van der Waals surface area contributed by atoms with Crippen molar-refractivity contribution in [2.45, 2.75) is 19.4 Å². The summed E-state index contributed by atoms with van der Waals surface area (Å²) in [6.45, 7) is 3.89. The molecule has 0 fully saturated rings. The Labute approximate surface area is 112 Å². The predicted molar refractivity (Wildman–Crippen MR) is 75.6 cm³/mol. The van der Waals surface area contributed by atoms with E-state index in [0.29, 0.717) is 0 Å². The molecule has 0 aliphatic carbocycles. The van der Waals surface area contributed by atoms with Gasteiger partial charge in [-0.25, -0.2) is 4.39 Å². The van der Waals surface area contributed by atoms with Crippen LogP contribution in [0.25, 0.3) is 0 Å². The smallest absolute Gasteiger partial charge is 0.123 e. The van der Waals surface area contributed by atoms with E-state index in [1.54, 1.807) is 12.1 Å². The molecule has 1 atom stereocenters. The maximum atomic E-state index is 12.9. The second-order valence-electron chi connectivity index (χ2n) is 4.99. The highest BCUT2D eigenvalue weighted by Crippen LogP contribution is 2.26. The Balaban J connectivity index is 2.27. The Morgan fingerprint density at radius 3 is 2.16 bits per heavy atom. The first kappa shape index (κ1) is 13.6. The van der Waals surface area contributed by atoms with Gasteiger partial charge in [0.1, 0.15) is 5.82 Å². The minimum absolute atomic E-state index is 0.0482. The molecule has 2 rings (SSSR count). The van der Waals surface area contributed by atoms with Crippen LogP contribution in [0.4, 0.5) is 10.1 Å². The first-order valence-corrected chi connectivity index (χ1v) is 6.25. The highest BCUT2D eigenvalue weighted by Gasteiger charge is 2.25. The van der Waals surface area contributed by atoms with E-state index < -0.39 is 5.54 Å². The minimum atomic E-state index is -0.592. The molecule has 0 saturated heterocycles. The van der Waals surface area contributed by atoms with Crippen LogP contribution in [0.2, 0.25) is 0 Å². The zero-order valence-corrected chi connectivity index (χ0v) is 11.2. The number of aliphatic hydroxyl groups is 1. The Bertz CT molecular complexity index is 536. The summed E-state index contributed by atoms with van der Waals surface area (Å²) < 4.78 is 12.9. The van der Waals surface area contributed by atoms with Crippen LogP contribution < -0.4 is 5.32 Å². The number of hydrogen-bond donors (Lipinski definition) is 2. The van der Waals surface area contributed by atoms with Crippen LogP contribution in [-0.2, 0) is 5.54 Å². The first-order chi connectivity index (χ1) is 9.03. The van der Waals surface area contributed by atoms with Crippen molar-refractivity contribution in [2.75, 3.05) is 11.9 Å². The van der Waals surface area contributed by atoms with Crippen molar-refractivity contribution in [1.29, 1.82) is 0 Å². The maximum Gasteiger partial charge on any atom is 0.123 e. The van der Waals surface area contributed by atoms with E-state index in [9.17, 15) is 9.50 Å². The fraction of sp³-hybridized carbons (Fsp3) is 0.250. The maximum absolute atomic E-state index is 12.9. The second kappa shape index (κ2) is 5.41. The molecule has 0 aliphatic heterocycles. The van der Waals surface area contributed by atoms with Gasteiger partial charge in [-0.15, -0.1) is 0 Å². The standard InChI is InChI=1S/C16H18FNO/c1-12-3-5-13(6-4-12)16(2,11-19)18-15-9-7-14(17)8-10-15/h3-10,18-19H,11H2,1-2H3. The van der Waals surface area contributed by atoms with E-state index in [1.165, 1.54) is 17.7 Å². The third-order valence-corrected chi connectivity index (χ3v) is 3.27. The molecule has 100 valence electrons. The van der Waals surface area contributed by atoms with E-state index >= 15 is 0 Å². The molecule has 1 unspecified atom stereocenters. The van der Waals surface area contributed by atoms with Crippen LogP contribution in [0.15, 0.2) is 48.5 Å². The SMILES string of the molecule is Cc1ccc(C(C)(CO)Nc2ccc(F)cc2)cc1. The van der Waals surface area contributed by atoms with E-state index in [-0.39, 0.29) is 12.4 Å². The average Bonchev–Trinajstić information content (AvgIpc) is 2.42. The minimum Gasteiger partial charge on any atom is -0.394 e. The summed E-state index contributed by atoms with van der Waals surface area (Å²) >= 11 is 0. The lowest BCUT2D eigenvalue weighted by atomic mass is 9.92. The molecule has 0 spiro atoms. The van der Waals surface area contributed by atoms with Crippen molar-refractivity contribution in [3.8, 4) is 0 Å². The zero-order chi connectivity index (χ0) is 13.9. The topological polar surface area (TPSA) is 32.3 Å². The zero-order valence-electron chi connectivity index (χ0n) is 11.2. The molecule has 0 aliphatic rings. The highest BCUT2D eigenvalue weighted by molar-refractivity contribution is 5.48. The van der Waals surface area contributed by atoms with Crippen LogP contribution in [-0.4, -0.2) is 11.7 Å². The van der Waals surface area contributed by atoms with E-state index in [1.807, 2.05) is 38.1 Å². The van der Waals surface area contributed by atoms with Crippen LogP contribution in [0.3, 0.4) is 0 Å². The largest absolute Gasteiger partial charge is 0.394 e. The van der Waals surface area contributed by atoms with Gasteiger partial charge < -0.3 is 10.4 Å². The van der Waals surface area contributed by atoms with Crippen molar-refractivity contribution < 1.29 is 9.50 Å². The van der Waals surface area contributed by atoms with Gasteiger partial charge in [-0.05, 0) is 43.7 Å². The Hall–Kier alpha value is -1.87. The molecule has 0 radical (unpaired) electrons. The number of aryl methyl sites for hydroxylation is 1. The van der Waals surface area contributed by atoms with Crippen molar-refractivity contribution in [3.63, 3.8) is 0 Å². The number of halogens is 1. The van der Waals surface area contributed by atoms with Gasteiger partial charge in [0.15, 0.2) is 0 Å². The third-order valence-electron chi connectivity index (χ3n) is 3.27. The summed E-state index contributed by atoms with van der Waals surface area (Å²) in [5.41, 5.74) is 2.35. The monoisotopic (exact) mass is 259 g/mol. The summed E-state index contributed by atoms with van der Waals surface area (Å²) in [5.74, 6) is -0.272. The lowest BCUT2D eigenvalue weighted by Gasteiger charge is -2.30. The summed E-state index contributed by atoms with van der Waals surface area (Å²) in [4.78, 5) is 0. The van der Waals surface area contributed by atoms with Crippen molar-refractivity contribution in [1.82, 2.24) is 0 Å². The van der Waals surface area contributed by atoms with Crippen molar-refractivity contribution in [2.24, 2.45) is 0 Å². The van der Waals surface area contributed by atoms with E-state index in [4.69, 9.17) is 0 Å². The number of hydrogen-bond acceptors (Lipinski definition) is 2. The summed E-state index contributed by atoms with van der Waals surface area (Å²) in [5, 5.41) is 12.9. The molecule has 2 aromatic rings. The summed E-state index contributed by atoms with van der Waals surface area (Å²) in [6.07, 6.45) is 0. The quantitative estimate of drug-likeness (QED) is 0.881. The van der Waals surface area contributed by atoms with Gasteiger partial charge in [0, 0.05) is 5.69 Å². The number of nitrogens with one attached hydrogen (secondary N) is 1. The fourth-order valence-electron chi connectivity index (χ4n) is 1.98. The van der Waals surface area contributed by atoms with Gasteiger partial charge in [-0.3, -0.25) is 0 Å². The second-order valence-corrected chi connectivity index (χ2v) is 4.99. The lowest BCUT2D eigenvalue weighted by molar-refractivity contribution is 0.224. The van der Waals surface area contributed by atoms with Gasteiger partial charge in [-0.2, -0.15) is 0 Å². The fourth-order valence-corrected chi connectivity index (χ4v) is 1.98. The van der Waals surface area contributed by atoms with Crippen molar-refractivity contribution in [3.05, 3.63) is 65.5 Å². The number of benzene rings is 2. The van der Waals surface area contributed by atoms with Gasteiger partial charge in [-0.1, -0.05) is 29.8 Å². The molecule has 0 saturated carbocycles. The molecule has 2 nitrogen and oxygen atoms in total. The van der Waals surface area contributed by atoms with Gasteiger partial charge in [0.2, 0.25) is 0 Å². The van der Waals surface area contributed by atoms with Crippen molar-refractivity contribution >= 4 is 5.69 Å². The summed E-state index contributed by atoms with van der Waals surface area (Å²) in [6, 6.07) is 14.1. The van der Waals surface area contributed by atoms with Crippen LogP contribution in [0.1, 0.15) is 18.1 Å². The molecule has 0 bridgehead atoms. The van der Waals surface area contributed by atoms with Crippen LogP contribution in [0.5, 0.6) is 0 Å². The molecule has 2 aromatic carbocycles. The first-order valence-electron chi connectivity index (χ1n) is 6.25. The lowest BCUT2D eigenvalue weighted by Crippen LogP contribution is -2.35. The van der Waals surface area contributed by atoms with Gasteiger partial charge >= 0.3 is 0 Å². The van der Waals surface area contributed by atoms with E-state index in [2.05, 4.69) is 5.32 Å². The average molecular weight is 259 g/mol. The molecule has 3 heteroatoms. The van der Waals surface area contributed by atoms with Gasteiger partial charge in [0.05, 0.1) is 12.1 Å². The molecule has 19 heavy (non-hydrogen) atoms. The molecule has 2 N–H and O–H groups in total. The highest BCUT2D eigenvalue weighted by atomic mass is 19.1. The number of anilines is 1.